The average molecular weight is 260 g/mol. The summed E-state index contributed by atoms with van der Waals surface area (Å²) in [4.78, 5) is 20.6. The summed E-state index contributed by atoms with van der Waals surface area (Å²) in [7, 11) is 1.53. The number of fused-ring (bicyclic) bond motifs is 1. The van der Waals surface area contributed by atoms with Crippen molar-refractivity contribution >= 4 is 17.0 Å². The first-order chi connectivity index (χ1) is 8.90. The van der Waals surface area contributed by atoms with Gasteiger partial charge in [0.2, 0.25) is 5.88 Å². The number of nitrogens with zero attached hydrogens (tertiary/aromatic N) is 2. The summed E-state index contributed by atoms with van der Waals surface area (Å²) < 4.78 is 10.4. The molecule has 0 saturated heterocycles. The number of pyridine rings is 2. The van der Waals surface area contributed by atoms with E-state index < -0.39 is 11.6 Å². The minimum atomic E-state index is -0.550. The molecule has 0 atom stereocenters. The fourth-order valence-electron chi connectivity index (χ4n) is 1.62. The van der Waals surface area contributed by atoms with Gasteiger partial charge in [-0.05, 0) is 32.9 Å². The van der Waals surface area contributed by atoms with Gasteiger partial charge < -0.3 is 9.47 Å². The Morgan fingerprint density at radius 2 is 1.95 bits per heavy atom. The van der Waals surface area contributed by atoms with Gasteiger partial charge >= 0.3 is 5.97 Å². The number of ether oxygens (including phenoxy) is 2. The molecule has 5 heteroatoms. The zero-order valence-corrected chi connectivity index (χ0v) is 11.4. The Morgan fingerprint density at radius 3 is 2.58 bits per heavy atom. The number of carbonyl (C=O) groups excluding carboxylic acids is 1. The van der Waals surface area contributed by atoms with Gasteiger partial charge in [-0.2, -0.15) is 0 Å². The Kier molecular flexibility index (Phi) is 3.38. The van der Waals surface area contributed by atoms with Crippen LogP contribution in [0.3, 0.4) is 0 Å². The molecular weight excluding hydrogens is 244 g/mol. The fourth-order valence-corrected chi connectivity index (χ4v) is 1.62. The first-order valence-electron chi connectivity index (χ1n) is 5.94. The second-order valence-electron chi connectivity index (χ2n) is 5.08. The highest BCUT2D eigenvalue weighted by Crippen LogP contribution is 2.20. The molecule has 0 spiro atoms. The minimum Gasteiger partial charge on any atom is -0.481 e. The van der Waals surface area contributed by atoms with Gasteiger partial charge in [0.1, 0.15) is 11.1 Å². The highest BCUT2D eigenvalue weighted by Gasteiger charge is 2.20. The molecule has 2 aromatic rings. The third-order valence-corrected chi connectivity index (χ3v) is 2.39. The normalized spacial score (nSPS) is 11.4. The molecule has 0 saturated carbocycles. The van der Waals surface area contributed by atoms with E-state index in [1.54, 1.807) is 24.4 Å². The maximum Gasteiger partial charge on any atom is 0.340 e. The number of hydrogen-bond acceptors (Lipinski definition) is 5. The molecule has 100 valence electrons. The maximum atomic E-state index is 12.1. The molecule has 0 bridgehead atoms. The van der Waals surface area contributed by atoms with Crippen LogP contribution in [-0.2, 0) is 4.74 Å². The molecule has 2 heterocycles. The van der Waals surface area contributed by atoms with E-state index in [0.29, 0.717) is 22.5 Å². The van der Waals surface area contributed by atoms with Crippen molar-refractivity contribution in [3.8, 4) is 5.88 Å². The van der Waals surface area contributed by atoms with E-state index in [1.165, 1.54) is 7.11 Å². The lowest BCUT2D eigenvalue weighted by molar-refractivity contribution is 0.00715. The van der Waals surface area contributed by atoms with Crippen LogP contribution >= 0.6 is 0 Å². The maximum absolute atomic E-state index is 12.1. The van der Waals surface area contributed by atoms with Gasteiger partial charge in [0.15, 0.2) is 0 Å². The van der Waals surface area contributed by atoms with Crippen LogP contribution < -0.4 is 4.74 Å². The van der Waals surface area contributed by atoms with Crippen LogP contribution in [0, 0.1) is 0 Å². The number of esters is 1. The topological polar surface area (TPSA) is 61.3 Å². The average Bonchev–Trinajstić information content (AvgIpc) is 2.35. The lowest BCUT2D eigenvalue weighted by Gasteiger charge is -2.19. The summed E-state index contributed by atoms with van der Waals surface area (Å²) in [5.74, 6) is 0.0194. The Labute approximate surface area is 111 Å². The molecule has 0 fully saturated rings. The van der Waals surface area contributed by atoms with Crippen LogP contribution in [0.25, 0.3) is 11.0 Å². The molecule has 0 aliphatic heterocycles. The van der Waals surface area contributed by atoms with Crippen molar-refractivity contribution in [1.29, 1.82) is 0 Å². The summed E-state index contributed by atoms with van der Waals surface area (Å²) in [6, 6.07) is 5.06. The summed E-state index contributed by atoms with van der Waals surface area (Å²) in [6.07, 6.45) is 1.57. The number of rotatable bonds is 2. The molecule has 0 N–H and O–H groups in total. The van der Waals surface area contributed by atoms with Gasteiger partial charge in [0, 0.05) is 12.3 Å². The quantitative estimate of drug-likeness (QED) is 0.777. The molecule has 0 aromatic carbocycles. The van der Waals surface area contributed by atoms with Crippen molar-refractivity contribution in [2.75, 3.05) is 7.11 Å². The predicted octanol–water partition coefficient (Wildman–Crippen LogP) is 2.59. The lowest BCUT2D eigenvalue weighted by atomic mass is 10.1. The zero-order valence-electron chi connectivity index (χ0n) is 11.4. The zero-order chi connectivity index (χ0) is 14.0. The SMILES string of the molecule is COc1ccc2nccc(C(=O)OC(C)(C)C)c2n1. The largest absolute Gasteiger partial charge is 0.481 e. The second-order valence-corrected chi connectivity index (χ2v) is 5.08. The molecule has 2 rings (SSSR count). The summed E-state index contributed by atoms with van der Waals surface area (Å²) in [5, 5.41) is 0. The van der Waals surface area contributed by atoms with E-state index >= 15 is 0 Å². The van der Waals surface area contributed by atoms with E-state index in [9.17, 15) is 4.79 Å². The smallest absolute Gasteiger partial charge is 0.340 e. The highest BCUT2D eigenvalue weighted by molar-refractivity contribution is 6.01. The monoisotopic (exact) mass is 260 g/mol. The van der Waals surface area contributed by atoms with Gasteiger partial charge in [-0.3, -0.25) is 4.98 Å². The summed E-state index contributed by atoms with van der Waals surface area (Å²) >= 11 is 0. The van der Waals surface area contributed by atoms with Crippen molar-refractivity contribution in [3.05, 3.63) is 30.0 Å². The first-order valence-corrected chi connectivity index (χ1v) is 5.94. The number of aromatic nitrogens is 2. The van der Waals surface area contributed by atoms with Gasteiger partial charge in [0.25, 0.3) is 0 Å². The van der Waals surface area contributed by atoms with E-state index in [0.717, 1.165) is 0 Å². The van der Waals surface area contributed by atoms with Crippen LogP contribution in [0.5, 0.6) is 5.88 Å². The van der Waals surface area contributed by atoms with Gasteiger partial charge in [-0.25, -0.2) is 9.78 Å². The summed E-state index contributed by atoms with van der Waals surface area (Å²) in [5.41, 5.74) is 0.949. The van der Waals surface area contributed by atoms with Crippen molar-refractivity contribution in [3.63, 3.8) is 0 Å². The molecule has 19 heavy (non-hydrogen) atoms. The molecule has 0 aliphatic rings. The van der Waals surface area contributed by atoms with Crippen LogP contribution in [-0.4, -0.2) is 28.6 Å². The van der Waals surface area contributed by atoms with Crippen LogP contribution in [0.1, 0.15) is 31.1 Å². The Hall–Kier alpha value is -2.17. The van der Waals surface area contributed by atoms with Crippen LogP contribution in [0.2, 0.25) is 0 Å². The van der Waals surface area contributed by atoms with E-state index in [2.05, 4.69) is 9.97 Å². The van der Waals surface area contributed by atoms with E-state index in [-0.39, 0.29) is 0 Å². The molecule has 5 nitrogen and oxygen atoms in total. The van der Waals surface area contributed by atoms with Gasteiger partial charge in [-0.1, -0.05) is 0 Å². The lowest BCUT2D eigenvalue weighted by Crippen LogP contribution is -2.24. The number of hydrogen-bond donors (Lipinski definition) is 0. The number of carbonyl (C=O) groups is 1. The van der Waals surface area contributed by atoms with Crippen molar-refractivity contribution in [2.24, 2.45) is 0 Å². The van der Waals surface area contributed by atoms with Gasteiger partial charge in [0.05, 0.1) is 18.2 Å². The fraction of sp³-hybridized carbons (Fsp3) is 0.357. The third kappa shape index (κ3) is 2.99. The second kappa shape index (κ2) is 4.84. The molecule has 0 aliphatic carbocycles. The first kappa shape index (κ1) is 13.3. The van der Waals surface area contributed by atoms with Crippen molar-refractivity contribution in [2.45, 2.75) is 26.4 Å². The Bertz CT molecular complexity index is 618. The molecule has 0 amide bonds. The molecular formula is C14H16N2O3. The Balaban J connectivity index is 2.50. The highest BCUT2D eigenvalue weighted by atomic mass is 16.6. The van der Waals surface area contributed by atoms with Crippen molar-refractivity contribution < 1.29 is 14.3 Å². The molecule has 0 radical (unpaired) electrons. The standard InChI is InChI=1S/C14H16N2O3/c1-14(2,3)19-13(17)9-7-8-15-10-5-6-11(18-4)16-12(9)10/h5-8H,1-4H3. The molecule has 2 aromatic heterocycles. The van der Waals surface area contributed by atoms with Crippen LogP contribution in [0.4, 0.5) is 0 Å². The molecule has 0 unspecified atom stereocenters. The van der Waals surface area contributed by atoms with E-state index in [4.69, 9.17) is 9.47 Å². The predicted molar refractivity (Wildman–Crippen MR) is 71.3 cm³/mol. The number of methoxy groups -OCH3 is 1. The van der Waals surface area contributed by atoms with E-state index in [1.807, 2.05) is 20.8 Å². The Morgan fingerprint density at radius 1 is 1.21 bits per heavy atom. The minimum absolute atomic E-state index is 0.388. The third-order valence-electron chi connectivity index (χ3n) is 2.39. The van der Waals surface area contributed by atoms with Gasteiger partial charge in [-0.15, -0.1) is 0 Å². The van der Waals surface area contributed by atoms with Crippen molar-refractivity contribution in [1.82, 2.24) is 9.97 Å². The van der Waals surface area contributed by atoms with Crippen LogP contribution in [0.15, 0.2) is 24.4 Å². The summed E-state index contributed by atoms with van der Waals surface area (Å²) in [6.45, 7) is 5.47.